The molecule has 0 saturated heterocycles. The minimum absolute atomic E-state index is 0.0947. The van der Waals surface area contributed by atoms with Crippen LogP contribution >= 0.6 is 0 Å². The van der Waals surface area contributed by atoms with Crippen molar-refractivity contribution in [2.75, 3.05) is 6.61 Å². The molecule has 124 valence electrons. The van der Waals surface area contributed by atoms with Gasteiger partial charge in [0.05, 0.1) is 6.04 Å². The number of aryl methyl sites for hydroxylation is 3. The molecule has 1 aromatic heterocycles. The normalized spacial score (nSPS) is 11.8. The van der Waals surface area contributed by atoms with E-state index < -0.39 is 0 Å². The van der Waals surface area contributed by atoms with Crippen molar-refractivity contribution in [1.82, 2.24) is 10.6 Å². The van der Waals surface area contributed by atoms with Crippen LogP contribution in [0.25, 0.3) is 0 Å². The van der Waals surface area contributed by atoms with Crippen LogP contribution in [0.3, 0.4) is 0 Å². The SMILES string of the molecule is Cc1cccc(OCC(C)NC(=O)NCc2cc(C)oc2C)c1. The second kappa shape index (κ2) is 7.72. The van der Waals surface area contributed by atoms with E-state index in [1.807, 2.05) is 58.0 Å². The molecule has 0 aliphatic heterocycles. The van der Waals surface area contributed by atoms with Crippen LogP contribution in [-0.2, 0) is 6.54 Å². The van der Waals surface area contributed by atoms with Crippen molar-refractivity contribution >= 4 is 6.03 Å². The molecule has 1 unspecified atom stereocenters. The maximum absolute atomic E-state index is 11.9. The van der Waals surface area contributed by atoms with Crippen molar-refractivity contribution in [2.45, 2.75) is 40.3 Å². The number of carbonyl (C=O) groups is 1. The molecular weight excluding hydrogens is 292 g/mol. The zero-order chi connectivity index (χ0) is 16.8. The van der Waals surface area contributed by atoms with Crippen LogP contribution in [0.1, 0.15) is 29.6 Å². The van der Waals surface area contributed by atoms with E-state index in [1.165, 1.54) is 0 Å². The first-order chi connectivity index (χ1) is 10.9. The highest BCUT2D eigenvalue weighted by Gasteiger charge is 2.10. The number of hydrogen-bond acceptors (Lipinski definition) is 3. The van der Waals surface area contributed by atoms with Gasteiger partial charge in [0.25, 0.3) is 0 Å². The van der Waals surface area contributed by atoms with Crippen molar-refractivity contribution in [2.24, 2.45) is 0 Å². The smallest absolute Gasteiger partial charge is 0.315 e. The molecule has 2 aromatic rings. The lowest BCUT2D eigenvalue weighted by atomic mass is 10.2. The van der Waals surface area contributed by atoms with E-state index in [0.29, 0.717) is 13.2 Å². The third kappa shape index (κ3) is 5.36. The molecule has 2 rings (SSSR count). The molecule has 1 atom stereocenters. The van der Waals surface area contributed by atoms with Gasteiger partial charge in [0.15, 0.2) is 0 Å². The lowest BCUT2D eigenvalue weighted by Gasteiger charge is -2.15. The highest BCUT2D eigenvalue weighted by atomic mass is 16.5. The van der Waals surface area contributed by atoms with Gasteiger partial charge in [-0.25, -0.2) is 4.79 Å². The number of furan rings is 1. The van der Waals surface area contributed by atoms with E-state index in [9.17, 15) is 4.79 Å². The van der Waals surface area contributed by atoms with Crippen LogP contribution in [0.4, 0.5) is 4.79 Å². The summed E-state index contributed by atoms with van der Waals surface area (Å²) in [5.41, 5.74) is 2.13. The molecule has 1 aromatic carbocycles. The largest absolute Gasteiger partial charge is 0.491 e. The Bertz CT molecular complexity index is 664. The van der Waals surface area contributed by atoms with Gasteiger partial charge < -0.3 is 19.8 Å². The summed E-state index contributed by atoms with van der Waals surface area (Å²) < 4.78 is 11.1. The van der Waals surface area contributed by atoms with Crippen LogP contribution in [-0.4, -0.2) is 18.7 Å². The first-order valence-electron chi connectivity index (χ1n) is 7.74. The first kappa shape index (κ1) is 16.9. The fourth-order valence-electron chi connectivity index (χ4n) is 2.28. The molecule has 23 heavy (non-hydrogen) atoms. The zero-order valence-corrected chi connectivity index (χ0v) is 14.1. The number of benzene rings is 1. The van der Waals surface area contributed by atoms with Gasteiger partial charge in [0.2, 0.25) is 0 Å². The summed E-state index contributed by atoms with van der Waals surface area (Å²) in [5.74, 6) is 2.49. The Hall–Kier alpha value is -2.43. The minimum atomic E-state index is -0.219. The summed E-state index contributed by atoms with van der Waals surface area (Å²) in [5, 5.41) is 5.68. The summed E-state index contributed by atoms with van der Waals surface area (Å²) in [7, 11) is 0. The lowest BCUT2D eigenvalue weighted by molar-refractivity contribution is 0.226. The molecule has 5 nitrogen and oxygen atoms in total. The summed E-state index contributed by atoms with van der Waals surface area (Å²) in [4.78, 5) is 11.9. The van der Waals surface area contributed by atoms with Gasteiger partial charge in [-0.1, -0.05) is 12.1 Å². The van der Waals surface area contributed by atoms with E-state index in [2.05, 4.69) is 10.6 Å². The molecule has 2 amide bonds. The number of carbonyl (C=O) groups excluding carboxylic acids is 1. The Morgan fingerprint density at radius 1 is 1.26 bits per heavy atom. The Labute approximate surface area is 137 Å². The minimum Gasteiger partial charge on any atom is -0.491 e. The standard InChI is InChI=1S/C18H24N2O3/c1-12-6-5-7-17(8-12)22-11-13(2)20-18(21)19-10-16-9-14(3)23-15(16)4/h5-9,13H,10-11H2,1-4H3,(H2,19,20,21). The van der Waals surface area contributed by atoms with Crippen molar-refractivity contribution in [1.29, 1.82) is 0 Å². The Morgan fingerprint density at radius 3 is 2.70 bits per heavy atom. The number of hydrogen-bond donors (Lipinski definition) is 2. The van der Waals surface area contributed by atoms with Crippen LogP contribution in [0.5, 0.6) is 5.75 Å². The molecule has 5 heteroatoms. The Morgan fingerprint density at radius 2 is 2.04 bits per heavy atom. The molecule has 0 saturated carbocycles. The summed E-state index contributed by atoms with van der Waals surface area (Å²) >= 11 is 0. The number of rotatable bonds is 6. The molecule has 0 spiro atoms. The van der Waals surface area contributed by atoms with Gasteiger partial charge in [0.1, 0.15) is 23.9 Å². The monoisotopic (exact) mass is 316 g/mol. The lowest BCUT2D eigenvalue weighted by Crippen LogP contribution is -2.43. The van der Waals surface area contributed by atoms with Crippen LogP contribution < -0.4 is 15.4 Å². The molecule has 0 fully saturated rings. The highest BCUT2D eigenvalue weighted by molar-refractivity contribution is 5.74. The van der Waals surface area contributed by atoms with E-state index in [1.54, 1.807) is 0 Å². The topological polar surface area (TPSA) is 63.5 Å². The van der Waals surface area contributed by atoms with Gasteiger partial charge in [-0.15, -0.1) is 0 Å². The zero-order valence-electron chi connectivity index (χ0n) is 14.1. The Kier molecular flexibility index (Phi) is 5.68. The van der Waals surface area contributed by atoms with Gasteiger partial charge >= 0.3 is 6.03 Å². The molecule has 1 heterocycles. The molecule has 2 N–H and O–H groups in total. The summed E-state index contributed by atoms with van der Waals surface area (Å²) in [6.07, 6.45) is 0. The Balaban J connectivity index is 1.73. The van der Waals surface area contributed by atoms with Gasteiger partial charge in [-0.3, -0.25) is 0 Å². The first-order valence-corrected chi connectivity index (χ1v) is 7.74. The van der Waals surface area contributed by atoms with Gasteiger partial charge in [-0.2, -0.15) is 0 Å². The van der Waals surface area contributed by atoms with E-state index in [0.717, 1.165) is 28.4 Å². The maximum Gasteiger partial charge on any atom is 0.315 e. The van der Waals surface area contributed by atoms with Crippen LogP contribution in [0.2, 0.25) is 0 Å². The van der Waals surface area contributed by atoms with Crippen molar-refractivity contribution in [3.8, 4) is 5.75 Å². The molecule has 0 aliphatic rings. The third-order valence-corrected chi connectivity index (χ3v) is 3.45. The van der Waals surface area contributed by atoms with Gasteiger partial charge in [0, 0.05) is 12.1 Å². The summed E-state index contributed by atoms with van der Waals surface area (Å²) in [6.45, 7) is 8.56. The van der Waals surface area contributed by atoms with Crippen molar-refractivity contribution < 1.29 is 13.9 Å². The molecular formula is C18H24N2O3. The fraction of sp³-hybridized carbons (Fsp3) is 0.389. The number of ether oxygens (including phenoxy) is 1. The molecule has 0 bridgehead atoms. The van der Waals surface area contributed by atoms with Crippen molar-refractivity contribution in [3.05, 3.63) is 53.0 Å². The number of nitrogens with one attached hydrogen (secondary N) is 2. The molecule has 0 radical (unpaired) electrons. The van der Waals surface area contributed by atoms with Crippen molar-refractivity contribution in [3.63, 3.8) is 0 Å². The summed E-state index contributed by atoms with van der Waals surface area (Å²) in [6, 6.07) is 9.46. The second-order valence-corrected chi connectivity index (χ2v) is 5.79. The fourth-order valence-corrected chi connectivity index (χ4v) is 2.28. The number of urea groups is 1. The van der Waals surface area contributed by atoms with E-state index in [-0.39, 0.29) is 12.1 Å². The average molecular weight is 316 g/mol. The predicted octanol–water partition coefficient (Wildman–Crippen LogP) is 3.47. The maximum atomic E-state index is 11.9. The van der Waals surface area contributed by atoms with E-state index in [4.69, 9.17) is 9.15 Å². The third-order valence-electron chi connectivity index (χ3n) is 3.45. The quantitative estimate of drug-likeness (QED) is 0.857. The predicted molar refractivity (Wildman–Crippen MR) is 89.7 cm³/mol. The average Bonchev–Trinajstić information content (AvgIpc) is 2.81. The second-order valence-electron chi connectivity index (χ2n) is 5.79. The molecule has 0 aliphatic carbocycles. The van der Waals surface area contributed by atoms with Gasteiger partial charge in [-0.05, 0) is 51.5 Å². The van der Waals surface area contributed by atoms with Crippen LogP contribution in [0.15, 0.2) is 34.7 Å². The van der Waals surface area contributed by atoms with E-state index >= 15 is 0 Å². The number of amides is 2. The highest BCUT2D eigenvalue weighted by Crippen LogP contribution is 2.13. The van der Waals surface area contributed by atoms with Crippen LogP contribution in [0, 0.1) is 20.8 Å².